The molecule has 0 unspecified atom stereocenters. The van der Waals surface area contributed by atoms with Gasteiger partial charge in [-0.3, -0.25) is 0 Å². The number of sulfonamides is 1. The molecule has 0 amide bonds. The van der Waals surface area contributed by atoms with E-state index in [0.717, 1.165) is 19.6 Å². The summed E-state index contributed by atoms with van der Waals surface area (Å²) in [5, 5.41) is 2.86. The smallest absolute Gasteiger partial charge is 0.242 e. The van der Waals surface area contributed by atoms with Crippen molar-refractivity contribution in [2.24, 2.45) is 0 Å². The van der Waals surface area contributed by atoms with Crippen molar-refractivity contribution >= 4 is 15.8 Å². The predicted octanol–water partition coefficient (Wildman–Crippen LogP) is 0.887. The van der Waals surface area contributed by atoms with Gasteiger partial charge in [0.25, 0.3) is 0 Å². The number of hydrogen-bond donors (Lipinski definition) is 2. The third kappa shape index (κ3) is 4.16. The maximum Gasteiger partial charge on any atom is 0.242 e. The Bertz CT molecular complexity index is 510. The van der Waals surface area contributed by atoms with Crippen LogP contribution in [0.1, 0.15) is 19.3 Å². The van der Waals surface area contributed by atoms with Crippen LogP contribution in [0, 0.1) is 0 Å². The van der Waals surface area contributed by atoms with E-state index in [-0.39, 0.29) is 4.90 Å². The maximum atomic E-state index is 12.1. The van der Waals surface area contributed by atoms with E-state index in [1.807, 2.05) is 0 Å². The van der Waals surface area contributed by atoms with Crippen LogP contribution in [0.15, 0.2) is 23.2 Å². The van der Waals surface area contributed by atoms with E-state index < -0.39 is 10.0 Å². The number of pyridine rings is 1. The fourth-order valence-electron chi connectivity index (χ4n) is 2.29. The molecule has 7 heteroatoms. The minimum absolute atomic E-state index is 0.204. The zero-order valence-corrected chi connectivity index (χ0v) is 12.6. The van der Waals surface area contributed by atoms with Crippen LogP contribution in [0.4, 0.5) is 5.82 Å². The van der Waals surface area contributed by atoms with E-state index in [0.29, 0.717) is 12.4 Å². The lowest BCUT2D eigenvalue weighted by molar-refractivity contribution is 0.233. The van der Waals surface area contributed by atoms with Gasteiger partial charge in [0.1, 0.15) is 10.7 Å². The highest BCUT2D eigenvalue weighted by molar-refractivity contribution is 7.89. The second-order valence-electron chi connectivity index (χ2n) is 4.93. The summed E-state index contributed by atoms with van der Waals surface area (Å²) in [6, 6.07) is 3.21. The molecule has 0 aliphatic carbocycles. The molecule has 2 rings (SSSR count). The first kappa shape index (κ1) is 15.2. The Balaban J connectivity index is 1.86. The van der Waals surface area contributed by atoms with Gasteiger partial charge in [-0.25, -0.2) is 18.1 Å². The molecule has 1 fully saturated rings. The molecule has 0 radical (unpaired) electrons. The Hall–Kier alpha value is -1.18. The van der Waals surface area contributed by atoms with Crippen LogP contribution < -0.4 is 10.0 Å². The van der Waals surface area contributed by atoms with Crippen LogP contribution in [-0.4, -0.2) is 51.5 Å². The molecule has 1 aliphatic heterocycles. The largest absolute Gasteiger partial charge is 0.373 e. The average Bonchev–Trinajstić information content (AvgIpc) is 2.48. The van der Waals surface area contributed by atoms with Crippen LogP contribution in [0.5, 0.6) is 0 Å². The van der Waals surface area contributed by atoms with Crippen LogP contribution in [-0.2, 0) is 10.0 Å². The van der Waals surface area contributed by atoms with Crippen LogP contribution >= 0.6 is 0 Å². The number of anilines is 1. The number of piperidine rings is 1. The van der Waals surface area contributed by atoms with Gasteiger partial charge in [-0.15, -0.1) is 0 Å². The molecular weight excluding hydrogens is 276 g/mol. The standard InChI is InChI=1S/C13H22N4O2S/c1-14-13-6-5-12(11-15-13)20(18,19)16-7-10-17-8-3-2-4-9-17/h5-6,11,16H,2-4,7-10H2,1H3,(H,14,15). The predicted molar refractivity (Wildman–Crippen MR) is 79.3 cm³/mol. The highest BCUT2D eigenvalue weighted by Crippen LogP contribution is 2.10. The zero-order chi connectivity index (χ0) is 14.4. The summed E-state index contributed by atoms with van der Waals surface area (Å²) in [6.07, 6.45) is 5.07. The molecule has 20 heavy (non-hydrogen) atoms. The highest BCUT2D eigenvalue weighted by atomic mass is 32.2. The quantitative estimate of drug-likeness (QED) is 0.816. The summed E-state index contributed by atoms with van der Waals surface area (Å²) >= 11 is 0. The lowest BCUT2D eigenvalue weighted by Gasteiger charge is -2.26. The number of rotatable bonds is 6. The Morgan fingerprint density at radius 1 is 1.25 bits per heavy atom. The van der Waals surface area contributed by atoms with Gasteiger partial charge in [0.2, 0.25) is 10.0 Å². The first-order valence-corrected chi connectivity index (χ1v) is 8.46. The summed E-state index contributed by atoms with van der Waals surface area (Å²) < 4.78 is 26.8. The summed E-state index contributed by atoms with van der Waals surface area (Å²) in [5.74, 6) is 0.650. The number of nitrogens with zero attached hydrogens (tertiary/aromatic N) is 2. The monoisotopic (exact) mass is 298 g/mol. The van der Waals surface area contributed by atoms with Gasteiger partial charge in [0.05, 0.1) is 0 Å². The lowest BCUT2D eigenvalue weighted by Crippen LogP contribution is -2.37. The molecule has 0 bridgehead atoms. The van der Waals surface area contributed by atoms with Crippen molar-refractivity contribution < 1.29 is 8.42 Å². The second-order valence-corrected chi connectivity index (χ2v) is 6.70. The molecule has 1 aromatic heterocycles. The molecule has 2 heterocycles. The minimum Gasteiger partial charge on any atom is -0.373 e. The Morgan fingerprint density at radius 2 is 2.00 bits per heavy atom. The van der Waals surface area contributed by atoms with Gasteiger partial charge in [0, 0.05) is 26.3 Å². The zero-order valence-electron chi connectivity index (χ0n) is 11.8. The van der Waals surface area contributed by atoms with Crippen molar-refractivity contribution in [3.63, 3.8) is 0 Å². The molecule has 6 nitrogen and oxygen atoms in total. The summed E-state index contributed by atoms with van der Waals surface area (Å²) in [4.78, 5) is 6.52. The SMILES string of the molecule is CNc1ccc(S(=O)(=O)NCCN2CCCCC2)cn1. The van der Waals surface area contributed by atoms with E-state index in [1.54, 1.807) is 19.2 Å². The van der Waals surface area contributed by atoms with E-state index in [4.69, 9.17) is 0 Å². The molecule has 1 aliphatic rings. The molecule has 2 N–H and O–H groups in total. The van der Waals surface area contributed by atoms with Crippen molar-refractivity contribution in [3.8, 4) is 0 Å². The maximum absolute atomic E-state index is 12.1. The molecule has 1 aromatic rings. The molecule has 0 saturated carbocycles. The first-order chi connectivity index (χ1) is 9.62. The highest BCUT2D eigenvalue weighted by Gasteiger charge is 2.15. The fourth-order valence-corrected chi connectivity index (χ4v) is 3.26. The van der Waals surface area contributed by atoms with Crippen molar-refractivity contribution in [2.75, 3.05) is 38.5 Å². The second kappa shape index (κ2) is 7.01. The lowest BCUT2D eigenvalue weighted by atomic mass is 10.1. The minimum atomic E-state index is -3.45. The van der Waals surface area contributed by atoms with E-state index in [1.165, 1.54) is 25.5 Å². The van der Waals surface area contributed by atoms with Gasteiger partial charge < -0.3 is 10.2 Å². The summed E-state index contributed by atoms with van der Waals surface area (Å²) in [5.41, 5.74) is 0. The van der Waals surface area contributed by atoms with Gasteiger partial charge in [0.15, 0.2) is 0 Å². The third-order valence-electron chi connectivity index (χ3n) is 3.47. The number of aromatic nitrogens is 1. The molecule has 0 spiro atoms. The van der Waals surface area contributed by atoms with E-state index in [2.05, 4.69) is 19.9 Å². The van der Waals surface area contributed by atoms with Crippen LogP contribution in [0.3, 0.4) is 0 Å². The molecule has 0 atom stereocenters. The molecule has 0 aromatic carbocycles. The first-order valence-electron chi connectivity index (χ1n) is 6.97. The van der Waals surface area contributed by atoms with Crippen molar-refractivity contribution in [1.82, 2.24) is 14.6 Å². The van der Waals surface area contributed by atoms with Crippen LogP contribution in [0.2, 0.25) is 0 Å². The fraction of sp³-hybridized carbons (Fsp3) is 0.615. The Kier molecular flexibility index (Phi) is 5.33. The van der Waals surface area contributed by atoms with Gasteiger partial charge in [-0.05, 0) is 38.1 Å². The number of hydrogen-bond acceptors (Lipinski definition) is 5. The normalized spacial score (nSPS) is 17.1. The third-order valence-corrected chi connectivity index (χ3v) is 4.92. The number of likely N-dealkylation sites (tertiary alicyclic amines) is 1. The Morgan fingerprint density at radius 3 is 2.60 bits per heavy atom. The Labute approximate surface area is 120 Å². The van der Waals surface area contributed by atoms with Gasteiger partial charge >= 0.3 is 0 Å². The van der Waals surface area contributed by atoms with Crippen molar-refractivity contribution in [1.29, 1.82) is 0 Å². The summed E-state index contributed by atoms with van der Waals surface area (Å²) in [6.45, 7) is 3.34. The molecular formula is C13H22N4O2S. The van der Waals surface area contributed by atoms with Gasteiger partial charge in [-0.1, -0.05) is 6.42 Å². The molecule has 112 valence electrons. The van der Waals surface area contributed by atoms with Crippen molar-refractivity contribution in [2.45, 2.75) is 24.2 Å². The topological polar surface area (TPSA) is 74.3 Å². The van der Waals surface area contributed by atoms with Crippen molar-refractivity contribution in [3.05, 3.63) is 18.3 Å². The van der Waals surface area contributed by atoms with E-state index >= 15 is 0 Å². The molecule has 1 saturated heterocycles. The average molecular weight is 298 g/mol. The number of nitrogens with one attached hydrogen (secondary N) is 2. The van der Waals surface area contributed by atoms with Crippen LogP contribution in [0.25, 0.3) is 0 Å². The van der Waals surface area contributed by atoms with E-state index in [9.17, 15) is 8.42 Å². The summed E-state index contributed by atoms with van der Waals surface area (Å²) in [7, 11) is -1.71. The van der Waals surface area contributed by atoms with Gasteiger partial charge in [-0.2, -0.15) is 0 Å².